The second-order valence-electron chi connectivity index (χ2n) is 8.69. The molecule has 1 atom stereocenters. The maximum absolute atomic E-state index is 14.2. The van der Waals surface area contributed by atoms with Gasteiger partial charge in [0.25, 0.3) is 5.91 Å². The van der Waals surface area contributed by atoms with Gasteiger partial charge in [-0.2, -0.15) is 5.26 Å². The molecule has 0 unspecified atom stereocenters. The van der Waals surface area contributed by atoms with Gasteiger partial charge in [0.1, 0.15) is 29.3 Å². The predicted molar refractivity (Wildman–Crippen MR) is 134 cm³/mol. The third kappa shape index (κ3) is 4.76. The molecular weight excluding hydrogens is 498 g/mol. The maximum atomic E-state index is 14.2. The number of ether oxygens (including phenoxy) is 1. The normalized spacial score (nSPS) is 15.1. The summed E-state index contributed by atoms with van der Waals surface area (Å²) in [6.45, 7) is 0.588. The molecule has 1 fully saturated rings. The van der Waals surface area contributed by atoms with Crippen LogP contribution < -0.4 is 4.74 Å². The van der Waals surface area contributed by atoms with E-state index in [9.17, 15) is 23.5 Å². The fourth-order valence-electron chi connectivity index (χ4n) is 4.53. The highest BCUT2D eigenvalue weighted by molar-refractivity contribution is 7.20. The molecule has 1 saturated heterocycles. The van der Waals surface area contributed by atoms with Gasteiger partial charge in [-0.1, -0.05) is 24.3 Å². The summed E-state index contributed by atoms with van der Waals surface area (Å²) in [6.07, 6.45) is 1.10. The highest BCUT2D eigenvalue weighted by Gasteiger charge is 2.34. The molecule has 0 radical (unpaired) electrons. The van der Waals surface area contributed by atoms with Crippen molar-refractivity contribution in [3.05, 3.63) is 88.3 Å². The van der Waals surface area contributed by atoms with Crippen molar-refractivity contribution in [3.8, 4) is 22.9 Å². The van der Waals surface area contributed by atoms with Crippen molar-refractivity contribution < 1.29 is 28.2 Å². The fraction of sp³-hybridized carbons (Fsp3) is 0.179. The zero-order valence-electron chi connectivity index (χ0n) is 19.4. The molecule has 1 aromatic heterocycles. The molecule has 0 aliphatic carbocycles. The number of aliphatic carboxylic acids is 1. The first-order chi connectivity index (χ1) is 17.9. The lowest BCUT2D eigenvalue weighted by atomic mass is 10.0. The number of benzene rings is 3. The monoisotopic (exact) mass is 518 g/mol. The minimum absolute atomic E-state index is 0.0786. The van der Waals surface area contributed by atoms with Gasteiger partial charge in [0.2, 0.25) is 0 Å². The molecular formula is C28H20F2N2O4S. The van der Waals surface area contributed by atoms with Crippen LogP contribution in [-0.4, -0.2) is 34.5 Å². The third-order valence-corrected chi connectivity index (χ3v) is 7.42. The molecule has 4 aromatic rings. The standard InChI is InChI=1S/C28H20F2N2O4S/c29-23-13-21(26-22(25(23)30)12-20(14-31)37-26)17-6-8-19(9-7-17)36-15-16-3-1-4-18(11-16)27(33)32-10-2-5-24(32)28(34)35/h1,3-4,6-9,11-13,24H,2,5,10,15H2,(H,34,35)/t24-/m0/s1. The summed E-state index contributed by atoms with van der Waals surface area (Å²) in [4.78, 5) is 26.0. The Morgan fingerprint density at radius 1 is 1.14 bits per heavy atom. The van der Waals surface area contributed by atoms with Crippen LogP contribution in [0.15, 0.2) is 60.7 Å². The highest BCUT2D eigenvalue weighted by Crippen LogP contribution is 2.38. The summed E-state index contributed by atoms with van der Waals surface area (Å²) in [6, 6.07) is 17.4. The first kappa shape index (κ1) is 24.4. The molecule has 37 heavy (non-hydrogen) atoms. The van der Waals surface area contributed by atoms with E-state index >= 15 is 0 Å². The average molecular weight is 519 g/mol. The number of hydrogen-bond acceptors (Lipinski definition) is 5. The topological polar surface area (TPSA) is 90.6 Å². The molecule has 6 nitrogen and oxygen atoms in total. The number of nitrogens with zero attached hydrogens (tertiary/aromatic N) is 2. The van der Waals surface area contributed by atoms with Gasteiger partial charge in [-0.15, -0.1) is 11.3 Å². The number of rotatable bonds is 6. The molecule has 2 heterocycles. The molecule has 3 aromatic carbocycles. The van der Waals surface area contributed by atoms with Gasteiger partial charge in [-0.25, -0.2) is 13.6 Å². The summed E-state index contributed by atoms with van der Waals surface area (Å²) >= 11 is 1.11. The van der Waals surface area contributed by atoms with Gasteiger partial charge in [0.15, 0.2) is 11.6 Å². The van der Waals surface area contributed by atoms with Crippen LogP contribution in [0.5, 0.6) is 5.75 Å². The largest absolute Gasteiger partial charge is 0.489 e. The van der Waals surface area contributed by atoms with Crippen LogP contribution in [0.2, 0.25) is 0 Å². The van der Waals surface area contributed by atoms with Crippen molar-refractivity contribution in [3.63, 3.8) is 0 Å². The van der Waals surface area contributed by atoms with Gasteiger partial charge in [-0.3, -0.25) is 4.79 Å². The lowest BCUT2D eigenvalue weighted by Crippen LogP contribution is -2.40. The average Bonchev–Trinajstić information content (AvgIpc) is 3.58. The van der Waals surface area contributed by atoms with Crippen LogP contribution in [-0.2, 0) is 11.4 Å². The predicted octanol–water partition coefficient (Wildman–Crippen LogP) is 5.99. The number of fused-ring (bicyclic) bond motifs is 1. The summed E-state index contributed by atoms with van der Waals surface area (Å²) < 4.78 is 34.8. The molecule has 1 aliphatic rings. The number of hydrogen-bond donors (Lipinski definition) is 1. The SMILES string of the molecule is N#Cc1cc2c(F)c(F)cc(-c3ccc(OCc4cccc(C(=O)N5CCC[C@H]5C(=O)O)c4)cc3)c2s1. The molecule has 0 saturated carbocycles. The van der Waals surface area contributed by atoms with Crippen molar-refractivity contribution in [2.24, 2.45) is 0 Å². The number of carboxylic acid groups (broad SMARTS) is 1. The Kier molecular flexibility index (Phi) is 6.59. The van der Waals surface area contributed by atoms with E-state index in [1.165, 1.54) is 11.0 Å². The minimum atomic E-state index is -0.998. The van der Waals surface area contributed by atoms with E-state index in [0.717, 1.165) is 23.0 Å². The zero-order valence-corrected chi connectivity index (χ0v) is 20.2. The Morgan fingerprint density at radius 3 is 2.65 bits per heavy atom. The van der Waals surface area contributed by atoms with E-state index in [-0.39, 0.29) is 17.9 Å². The molecule has 9 heteroatoms. The number of nitriles is 1. The second-order valence-corrected chi connectivity index (χ2v) is 9.75. The number of thiophene rings is 1. The first-order valence-corrected chi connectivity index (χ1v) is 12.3. The number of halogens is 2. The van der Waals surface area contributed by atoms with E-state index in [0.29, 0.717) is 51.4 Å². The molecule has 186 valence electrons. The molecule has 0 spiro atoms. The summed E-state index contributed by atoms with van der Waals surface area (Å²) in [5.41, 5.74) is 2.28. The Balaban J connectivity index is 1.31. The quantitative estimate of drug-likeness (QED) is 0.339. The van der Waals surface area contributed by atoms with Crippen LogP contribution in [0.25, 0.3) is 21.2 Å². The van der Waals surface area contributed by atoms with Crippen LogP contribution in [0.4, 0.5) is 8.78 Å². The summed E-state index contributed by atoms with van der Waals surface area (Å²) in [5.74, 6) is -2.73. The van der Waals surface area contributed by atoms with E-state index in [1.54, 1.807) is 42.5 Å². The molecule has 1 aliphatic heterocycles. The third-order valence-electron chi connectivity index (χ3n) is 6.35. The van der Waals surface area contributed by atoms with Crippen LogP contribution in [0.1, 0.15) is 33.6 Å². The zero-order chi connectivity index (χ0) is 26.1. The van der Waals surface area contributed by atoms with Crippen LogP contribution in [0.3, 0.4) is 0 Å². The van der Waals surface area contributed by atoms with E-state index in [2.05, 4.69) is 0 Å². The summed E-state index contributed by atoms with van der Waals surface area (Å²) in [7, 11) is 0. The van der Waals surface area contributed by atoms with Crippen molar-refractivity contribution in [2.75, 3.05) is 6.54 Å². The molecule has 1 amide bonds. The lowest BCUT2D eigenvalue weighted by Gasteiger charge is -2.21. The number of carbonyl (C=O) groups excluding carboxylic acids is 1. The van der Waals surface area contributed by atoms with Gasteiger partial charge in [0.05, 0.1) is 0 Å². The van der Waals surface area contributed by atoms with Crippen LogP contribution >= 0.6 is 11.3 Å². The highest BCUT2D eigenvalue weighted by atomic mass is 32.1. The van der Waals surface area contributed by atoms with Crippen molar-refractivity contribution >= 4 is 33.3 Å². The van der Waals surface area contributed by atoms with Gasteiger partial charge < -0.3 is 14.7 Å². The van der Waals surface area contributed by atoms with Crippen molar-refractivity contribution in [1.82, 2.24) is 4.90 Å². The number of likely N-dealkylation sites (tertiary alicyclic amines) is 1. The second kappa shape index (κ2) is 9.99. The Bertz CT molecular complexity index is 1560. The number of carboxylic acids is 1. The Labute approximate surface area is 214 Å². The first-order valence-electron chi connectivity index (χ1n) is 11.5. The number of carbonyl (C=O) groups is 2. The summed E-state index contributed by atoms with van der Waals surface area (Å²) in [5, 5.41) is 18.6. The molecule has 0 bridgehead atoms. The van der Waals surface area contributed by atoms with E-state index in [4.69, 9.17) is 10.00 Å². The molecule has 5 rings (SSSR count). The van der Waals surface area contributed by atoms with Gasteiger partial charge in [0, 0.05) is 27.8 Å². The lowest BCUT2D eigenvalue weighted by molar-refractivity contribution is -0.141. The fourth-order valence-corrected chi connectivity index (χ4v) is 5.52. The van der Waals surface area contributed by atoms with Crippen molar-refractivity contribution in [1.29, 1.82) is 5.26 Å². The smallest absolute Gasteiger partial charge is 0.326 e. The number of amides is 1. The Hall–Kier alpha value is -4.29. The van der Waals surface area contributed by atoms with E-state index < -0.39 is 23.6 Å². The molecule has 1 N–H and O–H groups in total. The van der Waals surface area contributed by atoms with E-state index in [1.807, 2.05) is 12.1 Å². The maximum Gasteiger partial charge on any atom is 0.326 e. The Morgan fingerprint density at radius 2 is 1.92 bits per heavy atom. The van der Waals surface area contributed by atoms with Crippen LogP contribution in [0, 0.1) is 23.0 Å². The van der Waals surface area contributed by atoms with Crippen molar-refractivity contribution in [2.45, 2.75) is 25.5 Å². The minimum Gasteiger partial charge on any atom is -0.489 e. The van der Waals surface area contributed by atoms with Gasteiger partial charge >= 0.3 is 5.97 Å². The van der Waals surface area contributed by atoms with Gasteiger partial charge in [-0.05, 0) is 60.4 Å².